The molecule has 22 heavy (non-hydrogen) atoms. The van der Waals surface area contributed by atoms with Gasteiger partial charge in [-0.15, -0.1) is 0 Å². The lowest BCUT2D eigenvalue weighted by Crippen LogP contribution is -2.48. The van der Waals surface area contributed by atoms with Gasteiger partial charge in [0, 0.05) is 22.2 Å². The van der Waals surface area contributed by atoms with Crippen molar-refractivity contribution in [2.45, 2.75) is 25.3 Å². The third kappa shape index (κ3) is 3.37. The number of non-ortho nitro benzene ring substituents is 1. The molecule has 7 nitrogen and oxygen atoms in total. The molecule has 1 aromatic carbocycles. The normalized spacial score (nSPS) is 17.9. The Bertz CT molecular complexity index is 619. The van der Waals surface area contributed by atoms with E-state index in [0.717, 1.165) is 12.8 Å². The van der Waals surface area contributed by atoms with Crippen molar-refractivity contribution < 1.29 is 19.2 Å². The molecule has 0 bridgehead atoms. The minimum absolute atomic E-state index is 0.143. The van der Waals surface area contributed by atoms with E-state index in [1.165, 1.54) is 30.2 Å². The number of carbonyl (C=O) groups is 2. The Hall–Kier alpha value is -1.71. The molecular formula is C14H15IN2O5. The van der Waals surface area contributed by atoms with Gasteiger partial charge >= 0.3 is 5.97 Å². The number of likely N-dealkylation sites (tertiary alicyclic amines) is 1. The zero-order chi connectivity index (χ0) is 16.3. The molecule has 1 aliphatic rings. The number of methoxy groups -OCH3 is 1. The number of nitrogens with zero attached hydrogens (tertiary/aromatic N) is 2. The fraction of sp³-hybridized carbons (Fsp3) is 0.429. The Labute approximate surface area is 140 Å². The third-order valence-electron chi connectivity index (χ3n) is 3.63. The number of amides is 1. The molecule has 0 aliphatic carbocycles. The molecule has 1 amide bonds. The number of halogens is 1. The second-order valence-electron chi connectivity index (χ2n) is 4.95. The summed E-state index contributed by atoms with van der Waals surface area (Å²) in [6.45, 7) is 0.442. The van der Waals surface area contributed by atoms with Crippen LogP contribution in [-0.2, 0) is 9.53 Å². The maximum Gasteiger partial charge on any atom is 0.328 e. The first-order valence-corrected chi connectivity index (χ1v) is 7.86. The second-order valence-corrected chi connectivity index (χ2v) is 6.12. The molecule has 8 heteroatoms. The Kier molecular flexibility index (Phi) is 5.33. The molecule has 1 atom stereocenters. The summed E-state index contributed by atoms with van der Waals surface area (Å²) in [4.78, 5) is 36.4. The maximum absolute atomic E-state index is 12.7. The molecule has 0 spiro atoms. The van der Waals surface area contributed by atoms with Gasteiger partial charge in [0.1, 0.15) is 6.04 Å². The summed E-state index contributed by atoms with van der Waals surface area (Å²) in [5, 5.41) is 10.9. The zero-order valence-corrected chi connectivity index (χ0v) is 14.1. The summed E-state index contributed by atoms with van der Waals surface area (Å²) in [6.07, 6.45) is 2.18. The van der Waals surface area contributed by atoms with Gasteiger partial charge in [0.25, 0.3) is 11.6 Å². The van der Waals surface area contributed by atoms with E-state index in [9.17, 15) is 19.7 Å². The summed E-state index contributed by atoms with van der Waals surface area (Å²) in [6, 6.07) is 3.52. The lowest BCUT2D eigenvalue weighted by atomic mass is 10.0. The largest absolute Gasteiger partial charge is 0.467 e. The average molecular weight is 418 g/mol. The first kappa shape index (κ1) is 16.7. The number of nitro groups is 1. The van der Waals surface area contributed by atoms with Crippen molar-refractivity contribution in [3.8, 4) is 0 Å². The topological polar surface area (TPSA) is 89.8 Å². The Balaban J connectivity index is 2.35. The predicted molar refractivity (Wildman–Crippen MR) is 86.5 cm³/mol. The number of carbonyl (C=O) groups excluding carboxylic acids is 2. The number of rotatable bonds is 3. The van der Waals surface area contributed by atoms with E-state index in [1.807, 2.05) is 22.6 Å². The molecule has 2 rings (SSSR count). The highest BCUT2D eigenvalue weighted by Gasteiger charge is 2.34. The number of ether oxygens (including phenoxy) is 1. The highest BCUT2D eigenvalue weighted by Crippen LogP contribution is 2.25. The van der Waals surface area contributed by atoms with Crippen molar-refractivity contribution in [2.24, 2.45) is 0 Å². The molecule has 1 aromatic rings. The van der Waals surface area contributed by atoms with E-state index in [0.29, 0.717) is 16.5 Å². The standard InChI is InChI=1S/C14H15IN2O5/c1-22-14(19)12-4-2-3-7-16(12)13(18)10-8-9(17(20)21)5-6-11(10)15/h5-6,8,12H,2-4,7H2,1H3. The SMILES string of the molecule is COC(=O)C1CCCCN1C(=O)c1cc([N+](=O)[O-])ccc1I. The van der Waals surface area contributed by atoms with Gasteiger partial charge in [0.2, 0.25) is 0 Å². The molecular weight excluding hydrogens is 403 g/mol. The molecule has 1 fully saturated rings. The van der Waals surface area contributed by atoms with E-state index in [4.69, 9.17) is 4.74 Å². The number of esters is 1. The van der Waals surface area contributed by atoms with Gasteiger partial charge in [-0.2, -0.15) is 0 Å². The first-order chi connectivity index (χ1) is 10.5. The number of hydrogen-bond acceptors (Lipinski definition) is 5. The van der Waals surface area contributed by atoms with Gasteiger partial charge in [0.05, 0.1) is 17.6 Å². The van der Waals surface area contributed by atoms with Crippen LogP contribution in [0.5, 0.6) is 0 Å². The molecule has 0 saturated carbocycles. The molecule has 0 N–H and O–H groups in total. The van der Waals surface area contributed by atoms with Gasteiger partial charge in [-0.3, -0.25) is 14.9 Å². The molecule has 1 saturated heterocycles. The van der Waals surface area contributed by atoms with E-state index in [1.54, 1.807) is 0 Å². The minimum atomic E-state index is -0.624. The third-order valence-corrected chi connectivity index (χ3v) is 4.57. The van der Waals surface area contributed by atoms with Crippen LogP contribution in [0.3, 0.4) is 0 Å². The summed E-state index contributed by atoms with van der Waals surface area (Å²) in [7, 11) is 1.29. The van der Waals surface area contributed by atoms with Crippen LogP contribution in [0.25, 0.3) is 0 Å². The highest BCUT2D eigenvalue weighted by atomic mass is 127. The van der Waals surface area contributed by atoms with Crippen molar-refractivity contribution in [1.29, 1.82) is 0 Å². The summed E-state index contributed by atoms with van der Waals surface area (Å²) in [5.74, 6) is -0.823. The smallest absolute Gasteiger partial charge is 0.328 e. The van der Waals surface area contributed by atoms with Gasteiger partial charge in [-0.05, 0) is 47.9 Å². The van der Waals surface area contributed by atoms with Crippen LogP contribution in [0, 0.1) is 13.7 Å². The first-order valence-electron chi connectivity index (χ1n) is 6.78. The molecule has 0 radical (unpaired) electrons. The van der Waals surface area contributed by atoms with Crippen LogP contribution in [0.2, 0.25) is 0 Å². The number of benzene rings is 1. The van der Waals surface area contributed by atoms with Crippen molar-refractivity contribution in [2.75, 3.05) is 13.7 Å². The van der Waals surface area contributed by atoms with E-state index < -0.39 is 16.9 Å². The van der Waals surface area contributed by atoms with Crippen LogP contribution >= 0.6 is 22.6 Å². The van der Waals surface area contributed by atoms with Crippen LogP contribution < -0.4 is 0 Å². The monoisotopic (exact) mass is 418 g/mol. The quantitative estimate of drug-likeness (QED) is 0.326. The highest BCUT2D eigenvalue weighted by molar-refractivity contribution is 14.1. The Morgan fingerprint density at radius 1 is 1.41 bits per heavy atom. The number of nitro benzene ring substituents is 1. The van der Waals surface area contributed by atoms with Gasteiger partial charge in [0.15, 0.2) is 0 Å². The van der Waals surface area contributed by atoms with Crippen LogP contribution in [-0.4, -0.2) is 41.4 Å². The molecule has 1 aliphatic heterocycles. The lowest BCUT2D eigenvalue weighted by Gasteiger charge is -2.34. The molecule has 1 heterocycles. The Morgan fingerprint density at radius 2 is 2.14 bits per heavy atom. The van der Waals surface area contributed by atoms with Crippen LogP contribution in [0.1, 0.15) is 29.6 Å². The van der Waals surface area contributed by atoms with E-state index in [2.05, 4.69) is 0 Å². The van der Waals surface area contributed by atoms with Crippen molar-refractivity contribution in [1.82, 2.24) is 4.90 Å². The summed E-state index contributed by atoms with van der Waals surface area (Å²) in [5.41, 5.74) is 0.0981. The molecule has 0 aromatic heterocycles. The predicted octanol–water partition coefficient (Wildman–Crippen LogP) is 2.37. The fourth-order valence-electron chi connectivity index (χ4n) is 2.50. The Morgan fingerprint density at radius 3 is 2.77 bits per heavy atom. The van der Waals surface area contributed by atoms with Crippen LogP contribution in [0.4, 0.5) is 5.69 Å². The summed E-state index contributed by atoms with van der Waals surface area (Å²) >= 11 is 1.96. The van der Waals surface area contributed by atoms with Gasteiger partial charge < -0.3 is 9.64 Å². The average Bonchev–Trinajstić information content (AvgIpc) is 2.53. The van der Waals surface area contributed by atoms with Crippen molar-refractivity contribution in [3.05, 3.63) is 37.4 Å². The zero-order valence-electron chi connectivity index (χ0n) is 12.0. The van der Waals surface area contributed by atoms with Crippen LogP contribution in [0.15, 0.2) is 18.2 Å². The summed E-state index contributed by atoms with van der Waals surface area (Å²) < 4.78 is 5.37. The fourth-order valence-corrected chi connectivity index (χ4v) is 3.07. The lowest BCUT2D eigenvalue weighted by molar-refractivity contribution is -0.384. The molecule has 1 unspecified atom stereocenters. The number of hydrogen-bond donors (Lipinski definition) is 0. The van der Waals surface area contributed by atoms with E-state index >= 15 is 0 Å². The minimum Gasteiger partial charge on any atom is -0.467 e. The van der Waals surface area contributed by atoms with Crippen molar-refractivity contribution >= 4 is 40.2 Å². The second kappa shape index (κ2) is 7.03. The van der Waals surface area contributed by atoms with Gasteiger partial charge in [-0.25, -0.2) is 4.79 Å². The van der Waals surface area contributed by atoms with E-state index in [-0.39, 0.29) is 17.2 Å². The maximum atomic E-state index is 12.7. The number of piperidine rings is 1. The van der Waals surface area contributed by atoms with Gasteiger partial charge in [-0.1, -0.05) is 0 Å². The molecule has 118 valence electrons. The van der Waals surface area contributed by atoms with Crippen molar-refractivity contribution in [3.63, 3.8) is 0 Å².